The molecule has 8 aliphatic carbocycles. The van der Waals surface area contributed by atoms with Crippen LogP contribution in [0, 0.1) is 69.0 Å². The standard InChI is InChI=1S/C38H60N2/c1-35-21-7-5-9-25(35)11-13-27-29-15-17-33(37(29,3)23-19-31(27)35)39-40-34-18-16-30-28-14-12-26-10-6-8-22-36(26,2)32(28)20-24-38(30,34)4/h25-32H,5-24H2,1-4H3/t25-,26+,27-,28+,29-,30-,31-,32-,35+,36+,37+,38+/m1/s1. The summed E-state index contributed by atoms with van der Waals surface area (Å²) in [5, 5.41) is 10.6. The first-order valence-electron chi connectivity index (χ1n) is 18.4. The summed E-state index contributed by atoms with van der Waals surface area (Å²) in [6, 6.07) is 0. The highest BCUT2D eigenvalue weighted by Gasteiger charge is 2.61. The van der Waals surface area contributed by atoms with Crippen LogP contribution < -0.4 is 0 Å². The first kappa shape index (κ1) is 26.9. The van der Waals surface area contributed by atoms with Gasteiger partial charge in [-0.15, -0.1) is 0 Å². The van der Waals surface area contributed by atoms with Crippen LogP contribution in [0.3, 0.4) is 0 Å². The maximum atomic E-state index is 5.32. The minimum atomic E-state index is 0.327. The molecule has 222 valence electrons. The number of fused-ring (bicyclic) bond motifs is 10. The predicted molar refractivity (Wildman–Crippen MR) is 168 cm³/mol. The third-order valence-corrected chi connectivity index (χ3v) is 16.9. The molecule has 8 aliphatic rings. The van der Waals surface area contributed by atoms with Gasteiger partial charge in [0.15, 0.2) is 0 Å². The topological polar surface area (TPSA) is 24.7 Å². The van der Waals surface area contributed by atoms with Gasteiger partial charge in [0, 0.05) is 22.3 Å². The molecule has 40 heavy (non-hydrogen) atoms. The zero-order chi connectivity index (χ0) is 27.3. The molecule has 0 heterocycles. The Morgan fingerprint density at radius 1 is 0.450 bits per heavy atom. The van der Waals surface area contributed by atoms with Crippen molar-refractivity contribution in [1.82, 2.24) is 0 Å². The zero-order valence-corrected chi connectivity index (χ0v) is 26.7. The van der Waals surface area contributed by atoms with Gasteiger partial charge < -0.3 is 0 Å². The van der Waals surface area contributed by atoms with E-state index in [-0.39, 0.29) is 0 Å². The van der Waals surface area contributed by atoms with E-state index in [1.807, 2.05) is 0 Å². The van der Waals surface area contributed by atoms with E-state index >= 15 is 0 Å². The van der Waals surface area contributed by atoms with Gasteiger partial charge in [-0.25, -0.2) is 0 Å². The highest BCUT2D eigenvalue weighted by atomic mass is 15.2. The summed E-state index contributed by atoms with van der Waals surface area (Å²) >= 11 is 0. The van der Waals surface area contributed by atoms with E-state index in [2.05, 4.69) is 27.7 Å². The molecule has 12 atom stereocenters. The summed E-state index contributed by atoms with van der Waals surface area (Å²) in [5.41, 5.74) is 4.96. The van der Waals surface area contributed by atoms with Crippen molar-refractivity contribution in [2.45, 2.75) is 156 Å². The quantitative estimate of drug-likeness (QED) is 0.293. The number of rotatable bonds is 1. The van der Waals surface area contributed by atoms with Crippen LogP contribution in [0.5, 0.6) is 0 Å². The average molecular weight is 545 g/mol. The highest BCUT2D eigenvalue weighted by molar-refractivity contribution is 5.95. The molecule has 0 aromatic heterocycles. The minimum Gasteiger partial charge on any atom is -0.160 e. The molecule has 2 nitrogen and oxygen atoms in total. The maximum Gasteiger partial charge on any atom is 0.0467 e. The van der Waals surface area contributed by atoms with Crippen molar-refractivity contribution in [2.24, 2.45) is 79.2 Å². The molecular weight excluding hydrogens is 484 g/mol. The van der Waals surface area contributed by atoms with Gasteiger partial charge in [-0.05, 0) is 161 Å². The lowest BCUT2D eigenvalue weighted by Crippen LogP contribution is -2.53. The van der Waals surface area contributed by atoms with E-state index in [1.54, 1.807) is 0 Å². The summed E-state index contributed by atoms with van der Waals surface area (Å²) < 4.78 is 0. The van der Waals surface area contributed by atoms with Crippen LogP contribution in [-0.4, -0.2) is 11.4 Å². The van der Waals surface area contributed by atoms with Gasteiger partial charge in [0.1, 0.15) is 0 Å². The first-order valence-corrected chi connectivity index (χ1v) is 18.4. The summed E-state index contributed by atoms with van der Waals surface area (Å²) in [5.74, 6) is 7.68. The number of hydrogen-bond acceptors (Lipinski definition) is 2. The van der Waals surface area contributed by atoms with Gasteiger partial charge in [-0.1, -0.05) is 53.4 Å². The van der Waals surface area contributed by atoms with E-state index in [1.165, 1.54) is 140 Å². The Balaban J connectivity index is 1.02. The molecule has 0 bridgehead atoms. The van der Waals surface area contributed by atoms with Gasteiger partial charge in [0.2, 0.25) is 0 Å². The fourth-order valence-electron chi connectivity index (χ4n) is 14.6. The molecule has 0 aliphatic heterocycles. The molecule has 0 unspecified atom stereocenters. The van der Waals surface area contributed by atoms with E-state index in [9.17, 15) is 0 Å². The molecule has 0 saturated heterocycles. The van der Waals surface area contributed by atoms with Crippen molar-refractivity contribution in [1.29, 1.82) is 0 Å². The lowest BCUT2D eigenvalue weighted by Gasteiger charge is -2.60. The SMILES string of the molecule is C[C@]12CCCC[C@H]1CC[C@@H]1[C@H]2CC[C@]2(C)C(=NN=C3CC[C@@H]4[C@H]5CC[C@H]6CCCC[C@]6(C)[C@@H]5CC[C@]34C)CC[C@H]12. The van der Waals surface area contributed by atoms with Crippen LogP contribution in [0.1, 0.15) is 156 Å². The lowest BCUT2D eigenvalue weighted by atomic mass is 9.45. The molecule has 0 amide bonds. The van der Waals surface area contributed by atoms with Crippen LogP contribution in [0.4, 0.5) is 0 Å². The van der Waals surface area contributed by atoms with Crippen LogP contribution >= 0.6 is 0 Å². The van der Waals surface area contributed by atoms with Crippen LogP contribution in [-0.2, 0) is 0 Å². The molecular formula is C38H60N2. The second-order valence-corrected chi connectivity index (χ2v) is 17.9. The van der Waals surface area contributed by atoms with Gasteiger partial charge in [-0.2, -0.15) is 10.2 Å². The Bertz CT molecular complexity index is 989. The maximum absolute atomic E-state index is 5.32. The van der Waals surface area contributed by atoms with E-state index in [0.29, 0.717) is 21.7 Å². The van der Waals surface area contributed by atoms with Crippen LogP contribution in [0.25, 0.3) is 0 Å². The molecule has 0 radical (unpaired) electrons. The van der Waals surface area contributed by atoms with Gasteiger partial charge >= 0.3 is 0 Å². The van der Waals surface area contributed by atoms with E-state index in [0.717, 1.165) is 47.3 Å². The summed E-state index contributed by atoms with van der Waals surface area (Å²) in [6.45, 7) is 10.7. The lowest BCUT2D eigenvalue weighted by molar-refractivity contribution is -0.0938. The molecule has 0 aromatic rings. The Labute approximate surface area is 246 Å². The van der Waals surface area contributed by atoms with Crippen LogP contribution in [0.15, 0.2) is 10.2 Å². The van der Waals surface area contributed by atoms with Crippen molar-refractivity contribution in [3.05, 3.63) is 0 Å². The zero-order valence-electron chi connectivity index (χ0n) is 26.7. The number of nitrogens with zero attached hydrogens (tertiary/aromatic N) is 2. The van der Waals surface area contributed by atoms with E-state index in [4.69, 9.17) is 10.2 Å². The van der Waals surface area contributed by atoms with Crippen molar-refractivity contribution >= 4 is 11.4 Å². The van der Waals surface area contributed by atoms with E-state index < -0.39 is 0 Å². The predicted octanol–water partition coefficient (Wildman–Crippen LogP) is 10.6. The molecule has 2 heteroatoms. The number of hydrogen-bond donors (Lipinski definition) is 0. The van der Waals surface area contributed by atoms with Gasteiger partial charge in [0.05, 0.1) is 0 Å². The monoisotopic (exact) mass is 544 g/mol. The molecule has 8 fully saturated rings. The Morgan fingerprint density at radius 3 is 1.35 bits per heavy atom. The third-order valence-electron chi connectivity index (χ3n) is 16.9. The summed E-state index contributed by atoms with van der Waals surface area (Å²) in [7, 11) is 0. The molecule has 8 saturated carbocycles. The normalized spacial score (nSPS) is 57.5. The summed E-state index contributed by atoms with van der Waals surface area (Å²) in [6.07, 6.45) is 29.0. The fraction of sp³-hybridized carbons (Fsp3) is 0.947. The second-order valence-electron chi connectivity index (χ2n) is 17.9. The van der Waals surface area contributed by atoms with Crippen molar-refractivity contribution in [3.63, 3.8) is 0 Å². The van der Waals surface area contributed by atoms with Crippen molar-refractivity contribution < 1.29 is 0 Å². The third kappa shape index (κ3) is 3.64. The van der Waals surface area contributed by atoms with Gasteiger partial charge in [0.25, 0.3) is 0 Å². The fourth-order valence-corrected chi connectivity index (χ4v) is 14.6. The van der Waals surface area contributed by atoms with Crippen molar-refractivity contribution in [3.8, 4) is 0 Å². The molecule has 0 spiro atoms. The minimum absolute atomic E-state index is 0.327. The Kier molecular flexibility index (Phi) is 6.34. The highest BCUT2D eigenvalue weighted by Crippen LogP contribution is 2.67. The average Bonchev–Trinajstić information content (AvgIpc) is 3.47. The first-order chi connectivity index (χ1) is 19.3. The Hall–Kier alpha value is -0.660. The largest absolute Gasteiger partial charge is 0.160 e. The Morgan fingerprint density at radius 2 is 0.900 bits per heavy atom. The molecule has 8 rings (SSSR count). The summed E-state index contributed by atoms with van der Waals surface area (Å²) in [4.78, 5) is 0. The molecule has 0 N–H and O–H groups in total. The van der Waals surface area contributed by atoms with Gasteiger partial charge in [-0.3, -0.25) is 0 Å². The van der Waals surface area contributed by atoms with Crippen LogP contribution in [0.2, 0.25) is 0 Å². The smallest absolute Gasteiger partial charge is 0.0467 e. The van der Waals surface area contributed by atoms with Crippen molar-refractivity contribution in [2.75, 3.05) is 0 Å². The second kappa shape index (κ2) is 9.42. The molecule has 0 aromatic carbocycles.